The van der Waals surface area contributed by atoms with Gasteiger partial charge in [-0.1, -0.05) is 126 Å². The van der Waals surface area contributed by atoms with Crippen molar-refractivity contribution >= 4 is 133 Å². The van der Waals surface area contributed by atoms with Crippen molar-refractivity contribution in [3.63, 3.8) is 0 Å². The highest BCUT2D eigenvalue weighted by molar-refractivity contribution is 8.00. The maximum atomic E-state index is 15.1. The molecule has 0 saturated carbocycles. The van der Waals surface area contributed by atoms with Crippen molar-refractivity contribution in [1.82, 2.24) is 78.8 Å². The van der Waals surface area contributed by atoms with Gasteiger partial charge in [-0.2, -0.15) is 0 Å². The molecule has 22 N–H and O–H groups in total. The molecule has 610 valence electrons. The smallest absolute Gasteiger partial charge is 0.305 e. The molecular weight excluding hydrogens is 1490 g/mol. The molecule has 1 aliphatic heterocycles. The van der Waals surface area contributed by atoms with E-state index in [4.69, 9.17) is 16.9 Å². The SMILES string of the molecule is CCCC[C@@H]1NC(=O)[C@H](Cc2c[nH]c3ccccc23)NC(=O)[C@H](CC(=O)O)NC(=O)[C@H](Cc2ccc[nH]2)NC(=O)CNC(=O)[C@H](CO)NC(=O)[C@H](CCCNC(=N)N)NC(=O)[C@H](Cc2ccc3ccccc3c2)NC(=O)CSC[C@@H](C(N)=O)NC(=O)[C@H](C(C)C)NC(=O)[C@@H](Cc2c[nH]c3ccccc23)NC(=O)[C@H](C(C)C)CC1=O. The Labute approximate surface area is 661 Å². The summed E-state index contributed by atoms with van der Waals surface area (Å²) in [5.74, 6) is -17.3. The summed E-state index contributed by atoms with van der Waals surface area (Å²) in [6.45, 7) is 6.51. The number of carboxylic acid groups (broad SMARTS) is 1. The topological polar surface area (TPSA) is 547 Å². The molecule has 1 aliphatic rings. The lowest BCUT2D eigenvalue weighted by molar-refractivity contribution is -0.141. The minimum absolute atomic E-state index is 0.0131. The zero-order chi connectivity index (χ0) is 82.7. The molecule has 3 aromatic heterocycles. The van der Waals surface area contributed by atoms with Crippen LogP contribution < -0.4 is 75.3 Å². The highest BCUT2D eigenvalue weighted by Crippen LogP contribution is 2.25. The fraction of sp³-hybridized carbons (Fsp3) is 0.430. The van der Waals surface area contributed by atoms with Gasteiger partial charge in [0.15, 0.2) is 11.7 Å². The Balaban J connectivity index is 1.15. The number of aromatic nitrogens is 3. The third-order valence-electron chi connectivity index (χ3n) is 19.5. The van der Waals surface area contributed by atoms with Gasteiger partial charge in [0.05, 0.1) is 31.4 Å². The number of amides is 12. The van der Waals surface area contributed by atoms with E-state index in [1.807, 2.05) is 43.3 Å². The highest BCUT2D eigenvalue weighted by Gasteiger charge is 2.39. The van der Waals surface area contributed by atoms with E-state index in [-0.39, 0.29) is 57.2 Å². The first-order valence-corrected chi connectivity index (χ1v) is 38.9. The molecule has 34 nitrogen and oxygen atoms in total. The van der Waals surface area contributed by atoms with Crippen molar-refractivity contribution in [2.75, 3.05) is 31.2 Å². The van der Waals surface area contributed by atoms with E-state index in [1.54, 1.807) is 107 Å². The third-order valence-corrected chi connectivity index (χ3v) is 20.5. The lowest BCUT2D eigenvalue weighted by atomic mass is 9.86. The van der Waals surface area contributed by atoms with Crippen LogP contribution in [0.5, 0.6) is 0 Å². The average molecular weight is 1590 g/mol. The number of carbonyl (C=O) groups is 14. The number of nitrogens with one attached hydrogen (secondary N) is 16. The number of H-pyrrole nitrogens is 3. The molecule has 0 spiro atoms. The van der Waals surface area contributed by atoms with Crippen LogP contribution in [0, 0.1) is 23.2 Å². The predicted octanol–water partition coefficient (Wildman–Crippen LogP) is 0.405. The first kappa shape index (κ1) is 87.4. The molecule has 1 saturated heterocycles. The van der Waals surface area contributed by atoms with Crippen LogP contribution in [0.15, 0.2) is 122 Å². The molecule has 35 heteroatoms. The van der Waals surface area contributed by atoms with Gasteiger partial charge in [-0.05, 0) is 82.8 Å². The lowest BCUT2D eigenvalue weighted by Gasteiger charge is -2.29. The summed E-state index contributed by atoms with van der Waals surface area (Å²) in [6, 6.07) is 14.5. The van der Waals surface area contributed by atoms with Crippen molar-refractivity contribution < 1.29 is 77.3 Å². The van der Waals surface area contributed by atoms with E-state index < -0.39 is 199 Å². The number of rotatable bonds is 21. The van der Waals surface area contributed by atoms with Gasteiger partial charge in [0.25, 0.3) is 0 Å². The minimum Gasteiger partial charge on any atom is -0.481 e. The van der Waals surface area contributed by atoms with Crippen LogP contribution in [0.1, 0.15) is 102 Å². The quantitative estimate of drug-likeness (QED) is 0.0263. The third kappa shape index (κ3) is 25.7. The summed E-state index contributed by atoms with van der Waals surface area (Å²) in [4.78, 5) is 210. The van der Waals surface area contributed by atoms with E-state index in [0.717, 1.165) is 22.5 Å². The van der Waals surface area contributed by atoms with Crippen LogP contribution >= 0.6 is 11.8 Å². The fourth-order valence-corrected chi connectivity index (χ4v) is 14.1. The standard InChI is InChI=1S/C79H102N18O16S/c1-6-7-21-55-64(99)34-52(42(2)3)70(105)92-59(32-48-37-86-54-23-13-11-20-51(48)54)77(112)97-68(43(4)5)78(113)96-63(69(80)104)40-114-41-66(101)89-57(30-44-25-26-45-16-8-9-17-46(45)29-44)73(108)91-56(24-15-28-84-79(81)82)72(107)95-62(39-98)71(106)87-38-65(100)88-60(33-49-18-14-27-83-49)75(110)94-61(35-67(102)103)76(111)93-58(74(109)90-55)31-47-36-85-53-22-12-10-19-50(47)53/h8-14,16-20,22-23,25-27,29,36-37,42-43,52,55-63,68,83,85-86,98H,6-7,15,21,24,28,30-35,38-41H2,1-5H3,(H2,80,104)(H,87,106)(H,88,100)(H,89,101)(H,90,109)(H,91,108)(H,92,105)(H,93,111)(H,94,110)(H,95,107)(H,96,113)(H,97,112)(H,102,103)(H4,81,82,84)/t52-,55-,56-,57-,58-,59+,60-,61-,62-,63-,68-/m0/s1. The number of nitrogens with two attached hydrogens (primary N) is 2. The second-order valence-electron chi connectivity index (χ2n) is 28.9. The number of ketones is 1. The van der Waals surface area contributed by atoms with E-state index in [0.29, 0.717) is 57.0 Å². The zero-order valence-corrected chi connectivity index (χ0v) is 64.9. The number of aliphatic hydroxyl groups excluding tert-OH is 1. The molecule has 8 rings (SSSR count). The molecule has 4 aromatic carbocycles. The second kappa shape index (κ2) is 42.5. The van der Waals surface area contributed by atoms with Gasteiger partial charge in [0.2, 0.25) is 70.9 Å². The number of para-hydroxylation sites is 2. The number of aliphatic hydroxyl groups is 1. The van der Waals surface area contributed by atoms with Crippen LogP contribution in [-0.4, -0.2) is 205 Å². The molecule has 0 aliphatic carbocycles. The van der Waals surface area contributed by atoms with E-state index in [1.165, 1.54) is 6.20 Å². The fourth-order valence-electron chi connectivity index (χ4n) is 13.2. The summed E-state index contributed by atoms with van der Waals surface area (Å²) in [7, 11) is 0. The van der Waals surface area contributed by atoms with E-state index >= 15 is 9.59 Å². The number of hydrogen-bond donors (Lipinski definition) is 20. The average Bonchev–Trinajstić information content (AvgIpc) is 1.61. The highest BCUT2D eigenvalue weighted by atomic mass is 32.2. The Morgan fingerprint density at radius 1 is 0.535 bits per heavy atom. The molecular formula is C79H102N18O16S. The first-order valence-electron chi connectivity index (χ1n) is 37.8. The number of primary amides is 1. The van der Waals surface area contributed by atoms with Crippen molar-refractivity contribution in [3.8, 4) is 0 Å². The van der Waals surface area contributed by atoms with Crippen LogP contribution in [0.2, 0.25) is 0 Å². The van der Waals surface area contributed by atoms with Crippen LogP contribution in [0.3, 0.4) is 0 Å². The Hall–Kier alpha value is -12.1. The van der Waals surface area contributed by atoms with Gasteiger partial charge >= 0.3 is 5.97 Å². The molecule has 114 heavy (non-hydrogen) atoms. The number of unbranched alkanes of at least 4 members (excludes halogenated alkanes) is 1. The van der Waals surface area contributed by atoms with Crippen LogP contribution in [-0.2, 0) is 92.8 Å². The van der Waals surface area contributed by atoms with Gasteiger partial charge in [-0.3, -0.25) is 72.5 Å². The molecule has 1 fully saturated rings. The Morgan fingerprint density at radius 3 is 1.66 bits per heavy atom. The van der Waals surface area contributed by atoms with Gasteiger partial charge < -0.3 is 100 Å². The number of carbonyl (C=O) groups excluding carboxylic acids is 13. The normalized spacial score (nSPS) is 22.8. The maximum Gasteiger partial charge on any atom is 0.305 e. The summed E-state index contributed by atoms with van der Waals surface area (Å²) < 4.78 is 0. The Kier molecular flexibility index (Phi) is 32.6. The summed E-state index contributed by atoms with van der Waals surface area (Å²) in [5, 5.41) is 62.7. The van der Waals surface area contributed by atoms with Crippen molar-refractivity contribution in [2.45, 2.75) is 166 Å². The van der Waals surface area contributed by atoms with Crippen molar-refractivity contribution in [3.05, 3.63) is 144 Å². The van der Waals surface area contributed by atoms with Gasteiger partial charge in [-0.15, -0.1) is 11.8 Å². The number of fused-ring (bicyclic) bond motifs is 3. The Morgan fingerprint density at radius 2 is 1.07 bits per heavy atom. The number of guanidine groups is 1. The van der Waals surface area contributed by atoms with Crippen LogP contribution in [0.4, 0.5) is 0 Å². The number of aromatic amines is 3. The monoisotopic (exact) mass is 1590 g/mol. The molecule has 0 unspecified atom stereocenters. The van der Waals surface area contributed by atoms with E-state index in [2.05, 4.69) is 78.8 Å². The molecule has 11 atom stereocenters. The number of thioether (sulfide) groups is 1. The lowest BCUT2D eigenvalue weighted by Crippen LogP contribution is -2.59. The molecule has 4 heterocycles. The van der Waals surface area contributed by atoms with Gasteiger partial charge in [0.1, 0.15) is 54.4 Å². The predicted molar refractivity (Wildman–Crippen MR) is 426 cm³/mol. The van der Waals surface area contributed by atoms with E-state index in [9.17, 15) is 67.7 Å². The summed E-state index contributed by atoms with van der Waals surface area (Å²) in [6.07, 6.45) is 3.14. The largest absolute Gasteiger partial charge is 0.481 e. The molecule has 7 aromatic rings. The zero-order valence-electron chi connectivity index (χ0n) is 64.0. The second-order valence-corrected chi connectivity index (χ2v) is 29.9. The summed E-state index contributed by atoms with van der Waals surface area (Å²) >= 11 is 0.852. The van der Waals surface area contributed by atoms with Crippen molar-refractivity contribution in [1.29, 1.82) is 5.41 Å². The molecule has 0 radical (unpaired) electrons. The number of hydrogen-bond acceptors (Lipinski definition) is 17. The van der Waals surface area contributed by atoms with Gasteiger partial charge in [-0.25, -0.2) is 0 Å². The number of Topliss-reactive ketones (excluding diaryl/α,β-unsaturated/α-hetero) is 1. The molecule has 0 bridgehead atoms. The Bertz CT molecular complexity index is 4600. The number of benzene rings is 4. The van der Waals surface area contributed by atoms with Gasteiger partial charge in [0, 0.05) is 96.4 Å². The maximum absolute atomic E-state index is 15.1. The summed E-state index contributed by atoms with van der Waals surface area (Å²) in [5.41, 5.74) is 14.8. The van der Waals surface area contributed by atoms with Crippen molar-refractivity contribution in [2.24, 2.45) is 29.2 Å². The number of carboxylic acids is 1. The molecule has 12 amide bonds. The minimum atomic E-state index is -1.96. The number of aliphatic carboxylic acids is 1. The first-order chi connectivity index (χ1) is 54.5. The van der Waals surface area contributed by atoms with Crippen LogP contribution in [0.25, 0.3) is 32.6 Å².